The zero-order chi connectivity index (χ0) is 19.6. The first-order chi connectivity index (χ1) is 13.0. The van der Waals surface area contributed by atoms with Gasteiger partial charge in [0.05, 0.1) is 13.7 Å². The number of nitrogens with one attached hydrogen (secondary N) is 2. The number of hydrogen-bond acceptors (Lipinski definition) is 5. The molecule has 0 aliphatic carbocycles. The molecule has 0 atom stereocenters. The third-order valence-electron chi connectivity index (χ3n) is 4.34. The summed E-state index contributed by atoms with van der Waals surface area (Å²) in [7, 11) is 5.32. The number of ether oxygens (including phenoxy) is 2. The number of methoxy groups -OCH3 is 2. The van der Waals surface area contributed by atoms with Gasteiger partial charge in [-0.2, -0.15) is 0 Å². The van der Waals surface area contributed by atoms with E-state index in [0.29, 0.717) is 19.7 Å². The summed E-state index contributed by atoms with van der Waals surface area (Å²) in [6, 6.07) is 6.28. The molecule has 8 nitrogen and oxygen atoms in total. The molecule has 2 rings (SSSR count). The maximum absolute atomic E-state index is 5.39. The predicted molar refractivity (Wildman–Crippen MR) is 106 cm³/mol. The van der Waals surface area contributed by atoms with Gasteiger partial charge in [0.2, 0.25) is 0 Å². The number of hydrogen-bond donors (Lipinski definition) is 2. The van der Waals surface area contributed by atoms with Gasteiger partial charge in [-0.05, 0) is 37.5 Å². The van der Waals surface area contributed by atoms with Gasteiger partial charge in [0.25, 0.3) is 0 Å². The average molecular weight is 374 g/mol. The molecule has 0 radical (unpaired) electrons. The van der Waals surface area contributed by atoms with Crippen LogP contribution < -0.4 is 15.4 Å². The Morgan fingerprint density at radius 3 is 2.59 bits per heavy atom. The highest BCUT2D eigenvalue weighted by Gasteiger charge is 2.06. The largest absolute Gasteiger partial charge is 0.496 e. The molecule has 0 aliphatic heterocycles. The molecule has 1 heterocycles. The third kappa shape index (κ3) is 6.25. The summed E-state index contributed by atoms with van der Waals surface area (Å²) in [5, 5.41) is 14.8. The lowest BCUT2D eigenvalue weighted by atomic mass is 10.1. The van der Waals surface area contributed by atoms with E-state index >= 15 is 0 Å². The van der Waals surface area contributed by atoms with E-state index in [2.05, 4.69) is 44.0 Å². The van der Waals surface area contributed by atoms with Crippen molar-refractivity contribution in [3.8, 4) is 5.75 Å². The smallest absolute Gasteiger partial charge is 0.191 e. The van der Waals surface area contributed by atoms with Crippen LogP contribution >= 0.6 is 0 Å². The van der Waals surface area contributed by atoms with Crippen molar-refractivity contribution >= 4 is 5.96 Å². The lowest BCUT2D eigenvalue weighted by molar-refractivity contribution is 0.203. The SMILES string of the molecule is COCCNC(=NCc1nnc(C)n1C)NCCc1ccc(C)c(OC)c1. The van der Waals surface area contributed by atoms with Crippen molar-refractivity contribution in [3.05, 3.63) is 41.0 Å². The molecule has 2 N–H and O–H groups in total. The van der Waals surface area contributed by atoms with E-state index in [-0.39, 0.29) is 0 Å². The van der Waals surface area contributed by atoms with Gasteiger partial charge >= 0.3 is 0 Å². The Morgan fingerprint density at radius 1 is 1.15 bits per heavy atom. The summed E-state index contributed by atoms with van der Waals surface area (Å²) in [5.74, 6) is 3.34. The Balaban J connectivity index is 1.95. The normalized spacial score (nSPS) is 11.5. The summed E-state index contributed by atoms with van der Waals surface area (Å²) in [5.41, 5.74) is 2.35. The van der Waals surface area contributed by atoms with Gasteiger partial charge in [0, 0.05) is 27.2 Å². The molecule has 0 amide bonds. The van der Waals surface area contributed by atoms with E-state index in [0.717, 1.165) is 41.9 Å². The highest BCUT2D eigenvalue weighted by Crippen LogP contribution is 2.18. The fourth-order valence-corrected chi connectivity index (χ4v) is 2.53. The third-order valence-corrected chi connectivity index (χ3v) is 4.34. The van der Waals surface area contributed by atoms with Crippen molar-refractivity contribution in [3.63, 3.8) is 0 Å². The van der Waals surface area contributed by atoms with E-state index in [1.807, 2.05) is 25.5 Å². The van der Waals surface area contributed by atoms with Crippen molar-refractivity contribution in [2.45, 2.75) is 26.8 Å². The molecule has 27 heavy (non-hydrogen) atoms. The van der Waals surface area contributed by atoms with Crippen LogP contribution in [0.15, 0.2) is 23.2 Å². The van der Waals surface area contributed by atoms with Gasteiger partial charge in [0.1, 0.15) is 18.1 Å². The zero-order valence-electron chi connectivity index (χ0n) is 16.9. The maximum atomic E-state index is 5.39. The van der Waals surface area contributed by atoms with Crippen LogP contribution in [0.3, 0.4) is 0 Å². The maximum Gasteiger partial charge on any atom is 0.191 e. The first-order valence-corrected chi connectivity index (χ1v) is 9.04. The highest BCUT2D eigenvalue weighted by atomic mass is 16.5. The summed E-state index contributed by atoms with van der Waals surface area (Å²) in [6.07, 6.45) is 0.866. The van der Waals surface area contributed by atoms with Crippen LogP contribution in [0.25, 0.3) is 0 Å². The predicted octanol–water partition coefficient (Wildman–Crippen LogP) is 1.36. The second-order valence-electron chi connectivity index (χ2n) is 6.29. The summed E-state index contributed by atoms with van der Waals surface area (Å²) < 4.78 is 12.4. The van der Waals surface area contributed by atoms with Gasteiger partial charge in [-0.3, -0.25) is 0 Å². The van der Waals surface area contributed by atoms with Crippen LogP contribution in [0.2, 0.25) is 0 Å². The molecule has 2 aromatic rings. The summed E-state index contributed by atoms with van der Waals surface area (Å²) >= 11 is 0. The summed E-state index contributed by atoms with van der Waals surface area (Å²) in [6.45, 7) is 6.46. The number of rotatable bonds is 9. The van der Waals surface area contributed by atoms with E-state index < -0.39 is 0 Å². The Kier molecular flexibility index (Phi) is 8.06. The van der Waals surface area contributed by atoms with Crippen molar-refractivity contribution < 1.29 is 9.47 Å². The lowest BCUT2D eigenvalue weighted by Crippen LogP contribution is -2.40. The van der Waals surface area contributed by atoms with Crippen molar-refractivity contribution in [2.24, 2.45) is 12.0 Å². The van der Waals surface area contributed by atoms with Crippen LogP contribution in [-0.4, -0.2) is 54.6 Å². The first-order valence-electron chi connectivity index (χ1n) is 9.04. The van der Waals surface area contributed by atoms with Gasteiger partial charge in [-0.25, -0.2) is 4.99 Å². The van der Waals surface area contributed by atoms with Crippen LogP contribution in [0.4, 0.5) is 0 Å². The lowest BCUT2D eigenvalue weighted by Gasteiger charge is -2.13. The molecular formula is C19H30N6O2. The fourth-order valence-electron chi connectivity index (χ4n) is 2.53. The average Bonchev–Trinajstić information content (AvgIpc) is 2.99. The van der Waals surface area contributed by atoms with Gasteiger partial charge in [-0.1, -0.05) is 12.1 Å². The van der Waals surface area contributed by atoms with Crippen LogP contribution in [0.1, 0.15) is 22.8 Å². The van der Waals surface area contributed by atoms with E-state index in [1.54, 1.807) is 14.2 Å². The number of aliphatic imine (C=N–C) groups is 1. The molecule has 148 valence electrons. The molecule has 1 aromatic carbocycles. The molecule has 0 bridgehead atoms. The topological polar surface area (TPSA) is 85.6 Å². The minimum atomic E-state index is 0.456. The number of guanidine groups is 1. The second kappa shape index (κ2) is 10.5. The van der Waals surface area contributed by atoms with Gasteiger partial charge in [-0.15, -0.1) is 10.2 Å². The minimum absolute atomic E-state index is 0.456. The molecule has 0 aliphatic rings. The minimum Gasteiger partial charge on any atom is -0.496 e. The molecule has 0 spiro atoms. The molecular weight excluding hydrogens is 344 g/mol. The molecule has 8 heteroatoms. The van der Waals surface area contributed by atoms with Crippen LogP contribution in [0.5, 0.6) is 5.75 Å². The Hall–Kier alpha value is -2.61. The first kappa shape index (κ1) is 20.7. The van der Waals surface area contributed by atoms with E-state index in [1.165, 1.54) is 5.56 Å². The number of nitrogens with zero attached hydrogens (tertiary/aromatic N) is 4. The van der Waals surface area contributed by atoms with E-state index in [4.69, 9.17) is 9.47 Å². The quantitative estimate of drug-likeness (QED) is 0.392. The standard InChI is InChI=1S/C19H30N6O2/c1-14-6-7-16(12-17(14)27-5)8-9-20-19(21-10-11-26-4)22-13-18-24-23-15(2)25(18)3/h6-7,12H,8-11,13H2,1-5H3,(H2,20,21,22). The van der Waals surface area contributed by atoms with Gasteiger partial charge < -0.3 is 24.7 Å². The Bertz CT molecular complexity index is 757. The molecule has 0 unspecified atom stereocenters. The van der Waals surface area contributed by atoms with E-state index in [9.17, 15) is 0 Å². The number of aromatic nitrogens is 3. The Labute approximate surface area is 161 Å². The number of aryl methyl sites for hydroxylation is 2. The van der Waals surface area contributed by atoms with Crippen molar-refractivity contribution in [1.82, 2.24) is 25.4 Å². The molecule has 0 saturated carbocycles. The molecule has 0 fully saturated rings. The fraction of sp³-hybridized carbons (Fsp3) is 0.526. The van der Waals surface area contributed by atoms with Crippen molar-refractivity contribution in [1.29, 1.82) is 0 Å². The van der Waals surface area contributed by atoms with Crippen LogP contribution in [-0.2, 0) is 24.8 Å². The molecule has 0 saturated heterocycles. The number of benzene rings is 1. The Morgan fingerprint density at radius 2 is 1.93 bits per heavy atom. The zero-order valence-corrected chi connectivity index (χ0v) is 16.9. The van der Waals surface area contributed by atoms with Crippen molar-refractivity contribution in [2.75, 3.05) is 33.9 Å². The van der Waals surface area contributed by atoms with Gasteiger partial charge in [0.15, 0.2) is 11.8 Å². The van der Waals surface area contributed by atoms with Crippen LogP contribution in [0, 0.1) is 13.8 Å². The monoisotopic (exact) mass is 374 g/mol. The summed E-state index contributed by atoms with van der Waals surface area (Å²) in [4.78, 5) is 4.61. The highest BCUT2D eigenvalue weighted by molar-refractivity contribution is 5.79. The molecule has 1 aromatic heterocycles. The second-order valence-corrected chi connectivity index (χ2v) is 6.29.